The average molecular weight is 353 g/mol. The van der Waals surface area contributed by atoms with Crippen LogP contribution in [0.15, 0.2) is 34.3 Å². The number of benzene rings is 1. The van der Waals surface area contributed by atoms with Gasteiger partial charge in [-0.15, -0.1) is 0 Å². The Bertz CT molecular complexity index is 439. The molecule has 0 unspecified atom stereocenters. The van der Waals surface area contributed by atoms with Crippen molar-refractivity contribution in [2.75, 3.05) is 7.05 Å². The molecule has 20 heavy (non-hydrogen) atoms. The van der Waals surface area contributed by atoms with E-state index in [9.17, 15) is 13.4 Å². The number of quaternary nitrogens is 1. The molecule has 0 N–H and O–H groups in total. The molecule has 1 aromatic carbocycles. The van der Waals surface area contributed by atoms with Crippen LogP contribution < -0.4 is 5.15 Å². The molecule has 0 aliphatic carbocycles. The summed E-state index contributed by atoms with van der Waals surface area (Å²) >= 11 is 3.16. The first-order valence-corrected chi connectivity index (χ1v) is 6.80. The lowest BCUT2D eigenvalue weighted by atomic mass is 10.2. The van der Waals surface area contributed by atoms with E-state index in [0.29, 0.717) is 4.74 Å². The third-order valence-electron chi connectivity index (χ3n) is 2.13. The molecular weight excluding hydrogens is 335 g/mol. The van der Waals surface area contributed by atoms with Gasteiger partial charge in [-0.1, -0.05) is 31.0 Å². The summed E-state index contributed by atoms with van der Waals surface area (Å²) in [5.74, 6) is 0. The molecule has 0 aromatic heterocycles. The Morgan fingerprint density at radius 3 is 2.20 bits per heavy atom. The number of amidine groups is 1. The van der Waals surface area contributed by atoms with E-state index in [-0.39, 0.29) is 0 Å². The van der Waals surface area contributed by atoms with Crippen LogP contribution >= 0.6 is 15.9 Å². The fraction of sp³-hybridized carbons (Fsp3) is 0.385. The summed E-state index contributed by atoms with van der Waals surface area (Å²) in [6.45, 7) is 3.86. The number of aliphatic imine (C=N–C) groups is 2. The predicted octanol–water partition coefficient (Wildman–Crippen LogP) is 5.19. The van der Waals surface area contributed by atoms with Gasteiger partial charge in [0, 0.05) is 25.4 Å². The minimum Gasteiger partial charge on any atom is -0.264 e. The summed E-state index contributed by atoms with van der Waals surface area (Å²) in [6, 6.07) is 4.97. The number of hydrogen-bond donors (Lipinski definition) is 0. The average Bonchev–Trinajstić information content (AvgIpc) is 2.39. The molecule has 0 aliphatic rings. The monoisotopic (exact) mass is 352 g/mol. The SMILES string of the molecule is CCC/C=N\C(Br)=NC.Cc1ccc([N+](F)(F)F)cc1. The lowest BCUT2D eigenvalue weighted by Gasteiger charge is -1.98. The van der Waals surface area contributed by atoms with Crippen LogP contribution in [0.1, 0.15) is 25.3 Å². The van der Waals surface area contributed by atoms with Crippen molar-refractivity contribution in [1.29, 1.82) is 0 Å². The first-order valence-electron chi connectivity index (χ1n) is 6.01. The van der Waals surface area contributed by atoms with Crippen LogP contribution in [0, 0.1) is 6.92 Å². The van der Waals surface area contributed by atoms with E-state index in [1.165, 1.54) is 12.1 Å². The van der Waals surface area contributed by atoms with Crippen molar-refractivity contribution in [1.82, 2.24) is 5.15 Å². The molecule has 0 fully saturated rings. The number of hydrogen-bond acceptors (Lipinski definition) is 1. The highest BCUT2D eigenvalue weighted by Gasteiger charge is 2.34. The third kappa shape index (κ3) is 8.82. The standard InChI is InChI=1S/C7H7F3N.C6H11BrN2/c1-6-2-4-7(5-3-6)11(8,9)10;1-3-4-5-9-6(7)8-2/h2-5H,1H3;5H,3-4H2,1-2H3/q+1;/b;8-6?,9-5-. The molecule has 0 amide bonds. The van der Waals surface area contributed by atoms with Gasteiger partial charge in [-0.25, -0.2) is 4.99 Å². The third-order valence-corrected chi connectivity index (χ3v) is 2.69. The first-order chi connectivity index (χ1) is 9.31. The lowest BCUT2D eigenvalue weighted by Crippen LogP contribution is -2.16. The zero-order valence-electron chi connectivity index (χ0n) is 11.7. The second-order valence-electron chi connectivity index (χ2n) is 3.87. The van der Waals surface area contributed by atoms with Crippen molar-refractivity contribution >= 4 is 32.6 Å². The molecule has 7 heteroatoms. The van der Waals surface area contributed by atoms with E-state index in [1.807, 2.05) is 6.21 Å². The van der Waals surface area contributed by atoms with E-state index in [2.05, 4.69) is 32.8 Å². The van der Waals surface area contributed by atoms with Gasteiger partial charge in [0.2, 0.25) is 0 Å². The molecule has 0 spiro atoms. The largest absolute Gasteiger partial charge is 0.279 e. The van der Waals surface area contributed by atoms with Crippen molar-refractivity contribution in [2.24, 2.45) is 9.98 Å². The van der Waals surface area contributed by atoms with Crippen LogP contribution in [-0.4, -0.2) is 18.0 Å². The molecule has 0 radical (unpaired) electrons. The summed E-state index contributed by atoms with van der Waals surface area (Å²) in [5, 5.41) is -3.61. The van der Waals surface area contributed by atoms with Crippen LogP contribution in [0.4, 0.5) is 19.1 Å². The molecular formula is C13H18BrF3N3+. The summed E-state index contributed by atoms with van der Waals surface area (Å²) < 4.78 is 36.2. The molecule has 0 aliphatic heterocycles. The summed E-state index contributed by atoms with van der Waals surface area (Å²) in [6.07, 6.45) is 4.01. The predicted molar refractivity (Wildman–Crippen MR) is 82.0 cm³/mol. The van der Waals surface area contributed by atoms with Crippen LogP contribution in [-0.2, 0) is 0 Å². The molecule has 112 valence electrons. The maximum atomic E-state index is 11.9. The fourth-order valence-electron chi connectivity index (χ4n) is 1.04. The van der Waals surface area contributed by atoms with Gasteiger partial charge in [0.05, 0.1) is 13.4 Å². The van der Waals surface area contributed by atoms with Crippen LogP contribution in [0.25, 0.3) is 0 Å². The Balaban J connectivity index is 0.000000370. The van der Waals surface area contributed by atoms with Crippen LogP contribution in [0.5, 0.6) is 0 Å². The van der Waals surface area contributed by atoms with Gasteiger partial charge in [-0.3, -0.25) is 4.99 Å². The van der Waals surface area contributed by atoms with E-state index < -0.39 is 10.8 Å². The number of unbranched alkanes of at least 4 members (excludes halogenated alkanes) is 1. The highest BCUT2D eigenvalue weighted by atomic mass is 79.9. The maximum absolute atomic E-state index is 11.9. The molecule has 0 saturated carbocycles. The maximum Gasteiger partial charge on any atom is 0.279 e. The van der Waals surface area contributed by atoms with Gasteiger partial charge in [-0.2, -0.15) is 0 Å². The van der Waals surface area contributed by atoms with Gasteiger partial charge < -0.3 is 0 Å². The van der Waals surface area contributed by atoms with Gasteiger partial charge in [0.25, 0.3) is 10.8 Å². The summed E-state index contributed by atoms with van der Waals surface area (Å²) in [4.78, 5) is 7.77. The normalized spacial score (nSPS) is 12.2. The van der Waals surface area contributed by atoms with Gasteiger partial charge in [-0.05, 0) is 29.3 Å². The Morgan fingerprint density at radius 1 is 1.25 bits per heavy atom. The van der Waals surface area contributed by atoms with Crippen molar-refractivity contribution in [3.8, 4) is 0 Å². The minimum atomic E-state index is -3.61. The smallest absolute Gasteiger partial charge is 0.264 e. The summed E-state index contributed by atoms with van der Waals surface area (Å²) in [7, 11) is 1.70. The van der Waals surface area contributed by atoms with E-state index in [1.54, 1.807) is 14.0 Å². The van der Waals surface area contributed by atoms with Crippen LogP contribution in [0.2, 0.25) is 0 Å². The molecule has 1 aromatic rings. The topological polar surface area (TPSA) is 24.7 Å². The number of halogens is 4. The molecule has 0 bridgehead atoms. The first kappa shape index (κ1) is 18.8. The Labute approximate surface area is 125 Å². The van der Waals surface area contributed by atoms with Crippen LogP contribution in [0.3, 0.4) is 0 Å². The molecule has 0 saturated heterocycles. The second kappa shape index (κ2) is 9.66. The van der Waals surface area contributed by atoms with Gasteiger partial charge in [0.1, 0.15) is 0 Å². The highest BCUT2D eigenvalue weighted by molar-refractivity contribution is 9.18. The number of nitrogens with zero attached hydrogens (tertiary/aromatic N) is 3. The zero-order chi connectivity index (χ0) is 15.6. The Morgan fingerprint density at radius 2 is 1.80 bits per heavy atom. The Kier molecular flexibility index (Phi) is 9.07. The fourth-order valence-corrected chi connectivity index (χ4v) is 1.19. The van der Waals surface area contributed by atoms with Gasteiger partial charge >= 0.3 is 0 Å². The zero-order valence-corrected chi connectivity index (χ0v) is 13.2. The quantitative estimate of drug-likeness (QED) is 0.309. The molecule has 3 nitrogen and oxygen atoms in total. The van der Waals surface area contributed by atoms with Crippen molar-refractivity contribution in [3.05, 3.63) is 29.8 Å². The Hall–Kier alpha value is -1.21. The molecule has 1 rings (SSSR count). The highest BCUT2D eigenvalue weighted by Crippen LogP contribution is 2.25. The number of rotatable bonds is 3. The second-order valence-corrected chi connectivity index (χ2v) is 4.58. The van der Waals surface area contributed by atoms with Crippen molar-refractivity contribution in [3.63, 3.8) is 0 Å². The molecule has 0 heterocycles. The van der Waals surface area contributed by atoms with Crippen molar-refractivity contribution in [2.45, 2.75) is 26.7 Å². The van der Waals surface area contributed by atoms with E-state index in [0.717, 1.165) is 30.5 Å². The number of aryl methyl sites for hydroxylation is 1. The van der Waals surface area contributed by atoms with E-state index >= 15 is 0 Å². The lowest BCUT2D eigenvalue weighted by molar-refractivity contribution is -0.279. The minimum absolute atomic E-state index is 0.657. The van der Waals surface area contributed by atoms with Gasteiger partial charge in [0.15, 0.2) is 4.74 Å². The van der Waals surface area contributed by atoms with E-state index in [4.69, 9.17) is 0 Å². The van der Waals surface area contributed by atoms with Crippen molar-refractivity contribution < 1.29 is 13.4 Å². The molecule has 0 atom stereocenters. The summed E-state index contributed by atoms with van der Waals surface area (Å²) in [5.41, 5.74) is 0.165.